The quantitative estimate of drug-likeness (QED) is 0.524. The predicted octanol–water partition coefficient (Wildman–Crippen LogP) is 5.59. The van der Waals surface area contributed by atoms with Crippen LogP contribution < -0.4 is 0 Å². The van der Waals surface area contributed by atoms with E-state index in [2.05, 4.69) is 29.8 Å². The van der Waals surface area contributed by atoms with Gasteiger partial charge in [0.2, 0.25) is 0 Å². The van der Waals surface area contributed by atoms with Gasteiger partial charge in [-0.15, -0.1) is 0 Å². The van der Waals surface area contributed by atoms with E-state index in [-0.39, 0.29) is 23.6 Å². The average molecular weight is 411 g/mol. The molecule has 4 heteroatoms. The maximum Gasteiger partial charge on any atom is 0.309 e. The van der Waals surface area contributed by atoms with Gasteiger partial charge in [0.1, 0.15) is 11.4 Å². The summed E-state index contributed by atoms with van der Waals surface area (Å²) in [7, 11) is 0. The van der Waals surface area contributed by atoms with Crippen molar-refractivity contribution in [3.63, 3.8) is 0 Å². The standard InChI is InChI=1S/C21H31BrO3/c1-14(2)11-19(20(24)25-21(4,5)6)15(3)12-18(23)13-16-7-9-17(22)10-8-16/h7-10,14-15,19H,11-13H2,1-6H3/t15-,19-/m0/s1. The lowest BCUT2D eigenvalue weighted by Crippen LogP contribution is -2.33. The minimum absolute atomic E-state index is 0.0276. The van der Waals surface area contributed by atoms with E-state index in [1.807, 2.05) is 52.0 Å². The molecule has 0 aromatic heterocycles. The number of benzene rings is 1. The van der Waals surface area contributed by atoms with Crippen LogP contribution in [0.5, 0.6) is 0 Å². The van der Waals surface area contributed by atoms with Gasteiger partial charge in [-0.2, -0.15) is 0 Å². The van der Waals surface area contributed by atoms with Crippen LogP contribution in [-0.4, -0.2) is 17.4 Å². The first-order valence-corrected chi connectivity index (χ1v) is 9.76. The summed E-state index contributed by atoms with van der Waals surface area (Å²) in [5.74, 6) is 0.0760. The lowest BCUT2D eigenvalue weighted by molar-refractivity contribution is -0.162. The van der Waals surface area contributed by atoms with Crippen molar-refractivity contribution in [1.29, 1.82) is 0 Å². The summed E-state index contributed by atoms with van der Waals surface area (Å²) in [6.45, 7) is 11.8. The number of ketones is 1. The van der Waals surface area contributed by atoms with E-state index < -0.39 is 5.60 Å². The summed E-state index contributed by atoms with van der Waals surface area (Å²) < 4.78 is 6.58. The Labute approximate surface area is 160 Å². The zero-order valence-electron chi connectivity index (χ0n) is 16.3. The van der Waals surface area contributed by atoms with E-state index in [1.54, 1.807) is 0 Å². The molecule has 1 aromatic carbocycles. The fraction of sp³-hybridized carbons (Fsp3) is 0.619. The van der Waals surface area contributed by atoms with Crippen molar-refractivity contribution in [3.05, 3.63) is 34.3 Å². The summed E-state index contributed by atoms with van der Waals surface area (Å²) in [6, 6.07) is 7.78. The van der Waals surface area contributed by atoms with Crippen molar-refractivity contribution >= 4 is 27.7 Å². The van der Waals surface area contributed by atoms with Crippen LogP contribution in [-0.2, 0) is 20.7 Å². The van der Waals surface area contributed by atoms with Gasteiger partial charge < -0.3 is 4.74 Å². The third-order valence-electron chi connectivity index (χ3n) is 3.99. The molecule has 0 saturated heterocycles. The number of carbonyl (C=O) groups excluding carboxylic acids is 2. The Bertz CT molecular complexity index is 570. The smallest absolute Gasteiger partial charge is 0.309 e. The van der Waals surface area contributed by atoms with Crippen LogP contribution in [0, 0.1) is 17.8 Å². The molecule has 140 valence electrons. The minimum atomic E-state index is -0.506. The van der Waals surface area contributed by atoms with Crippen molar-refractivity contribution in [2.75, 3.05) is 0 Å². The molecule has 0 amide bonds. The fourth-order valence-electron chi connectivity index (χ4n) is 2.85. The molecule has 2 atom stereocenters. The number of rotatable bonds is 8. The molecule has 0 aliphatic carbocycles. The summed E-state index contributed by atoms with van der Waals surface area (Å²) in [5.41, 5.74) is 0.492. The lowest BCUT2D eigenvalue weighted by Gasteiger charge is -2.28. The van der Waals surface area contributed by atoms with Crippen LogP contribution in [0.4, 0.5) is 0 Å². The molecule has 0 aliphatic heterocycles. The van der Waals surface area contributed by atoms with E-state index in [0.29, 0.717) is 18.8 Å². The topological polar surface area (TPSA) is 43.4 Å². The Morgan fingerprint density at radius 2 is 1.64 bits per heavy atom. The van der Waals surface area contributed by atoms with E-state index in [0.717, 1.165) is 16.5 Å². The summed E-state index contributed by atoms with van der Waals surface area (Å²) in [4.78, 5) is 25.0. The molecule has 0 N–H and O–H groups in total. The minimum Gasteiger partial charge on any atom is -0.460 e. The van der Waals surface area contributed by atoms with Gasteiger partial charge in [-0.05, 0) is 56.7 Å². The molecule has 0 fully saturated rings. The summed E-state index contributed by atoms with van der Waals surface area (Å²) in [6.07, 6.45) is 1.54. The average Bonchev–Trinajstić information content (AvgIpc) is 2.44. The van der Waals surface area contributed by atoms with Crippen molar-refractivity contribution in [2.24, 2.45) is 17.8 Å². The Hall–Kier alpha value is -1.16. The van der Waals surface area contributed by atoms with E-state index in [9.17, 15) is 9.59 Å². The highest BCUT2D eigenvalue weighted by atomic mass is 79.9. The molecule has 3 nitrogen and oxygen atoms in total. The summed E-state index contributed by atoms with van der Waals surface area (Å²) >= 11 is 3.40. The number of Topliss-reactive ketones (excluding diaryl/α,β-unsaturated/α-hetero) is 1. The molecule has 0 radical (unpaired) electrons. The molecule has 0 heterocycles. The molecule has 0 unspecified atom stereocenters. The largest absolute Gasteiger partial charge is 0.460 e. The van der Waals surface area contributed by atoms with Crippen LogP contribution in [0.3, 0.4) is 0 Å². The van der Waals surface area contributed by atoms with Gasteiger partial charge in [0.15, 0.2) is 0 Å². The highest BCUT2D eigenvalue weighted by Gasteiger charge is 2.31. The number of halogens is 1. The van der Waals surface area contributed by atoms with Crippen LogP contribution in [0.2, 0.25) is 0 Å². The second-order valence-corrected chi connectivity index (χ2v) is 9.21. The molecule has 1 rings (SSSR count). The van der Waals surface area contributed by atoms with Crippen molar-refractivity contribution in [1.82, 2.24) is 0 Å². The van der Waals surface area contributed by atoms with Crippen LogP contribution in [0.15, 0.2) is 28.7 Å². The third kappa shape index (κ3) is 8.66. The Morgan fingerprint density at radius 1 is 1.08 bits per heavy atom. The molecule has 25 heavy (non-hydrogen) atoms. The maximum absolute atomic E-state index is 12.6. The molecule has 0 spiro atoms. The predicted molar refractivity (Wildman–Crippen MR) is 105 cm³/mol. The van der Waals surface area contributed by atoms with Crippen LogP contribution in [0.25, 0.3) is 0 Å². The zero-order valence-corrected chi connectivity index (χ0v) is 17.9. The van der Waals surface area contributed by atoms with Gasteiger partial charge in [0.05, 0.1) is 5.92 Å². The number of hydrogen-bond acceptors (Lipinski definition) is 3. The molecule has 1 aromatic rings. The molecular formula is C21H31BrO3. The van der Waals surface area contributed by atoms with Crippen molar-refractivity contribution < 1.29 is 14.3 Å². The van der Waals surface area contributed by atoms with E-state index in [1.165, 1.54) is 0 Å². The molecule has 0 bridgehead atoms. The highest BCUT2D eigenvalue weighted by Crippen LogP contribution is 2.27. The number of esters is 1. The Morgan fingerprint density at radius 3 is 2.12 bits per heavy atom. The highest BCUT2D eigenvalue weighted by molar-refractivity contribution is 9.10. The number of ether oxygens (including phenoxy) is 1. The van der Waals surface area contributed by atoms with E-state index >= 15 is 0 Å². The van der Waals surface area contributed by atoms with Crippen molar-refractivity contribution in [2.45, 2.75) is 66.4 Å². The summed E-state index contributed by atoms with van der Waals surface area (Å²) in [5, 5.41) is 0. The van der Waals surface area contributed by atoms with Crippen LogP contribution >= 0.6 is 15.9 Å². The first-order chi connectivity index (χ1) is 11.5. The normalized spacial score (nSPS) is 14.2. The number of carbonyl (C=O) groups is 2. The van der Waals surface area contributed by atoms with Gasteiger partial charge in [0, 0.05) is 17.3 Å². The first-order valence-electron chi connectivity index (χ1n) is 8.97. The van der Waals surface area contributed by atoms with Gasteiger partial charge in [-0.3, -0.25) is 9.59 Å². The lowest BCUT2D eigenvalue weighted by atomic mass is 9.83. The van der Waals surface area contributed by atoms with Crippen LogP contribution in [0.1, 0.15) is 59.9 Å². The van der Waals surface area contributed by atoms with E-state index in [4.69, 9.17) is 4.74 Å². The van der Waals surface area contributed by atoms with Gasteiger partial charge in [0.25, 0.3) is 0 Å². The Kier molecular flexibility index (Phi) is 8.33. The SMILES string of the molecule is CC(C)C[C@H](C(=O)OC(C)(C)C)[C@@H](C)CC(=O)Cc1ccc(Br)cc1. The van der Waals surface area contributed by atoms with Gasteiger partial charge in [-0.1, -0.05) is 48.8 Å². The third-order valence-corrected chi connectivity index (χ3v) is 4.51. The zero-order chi connectivity index (χ0) is 19.2. The van der Waals surface area contributed by atoms with Crippen molar-refractivity contribution in [3.8, 4) is 0 Å². The molecule has 0 aliphatic rings. The number of hydrogen-bond donors (Lipinski definition) is 0. The fourth-order valence-corrected chi connectivity index (χ4v) is 3.11. The molecule has 0 saturated carbocycles. The molecular weight excluding hydrogens is 380 g/mol. The maximum atomic E-state index is 12.6. The van der Waals surface area contributed by atoms with Gasteiger partial charge >= 0.3 is 5.97 Å². The first kappa shape index (κ1) is 21.9. The second kappa shape index (κ2) is 9.51. The Balaban J connectivity index is 2.72. The van der Waals surface area contributed by atoms with Gasteiger partial charge in [-0.25, -0.2) is 0 Å². The second-order valence-electron chi connectivity index (χ2n) is 8.29. The monoisotopic (exact) mass is 410 g/mol.